The van der Waals surface area contributed by atoms with Gasteiger partial charge in [0.15, 0.2) is 0 Å². The maximum atomic E-state index is 13.7. The van der Waals surface area contributed by atoms with E-state index in [4.69, 9.17) is 0 Å². The van der Waals surface area contributed by atoms with E-state index in [1.165, 1.54) is 12.1 Å². The van der Waals surface area contributed by atoms with Crippen LogP contribution in [0.1, 0.15) is 67.6 Å². The zero-order valence-electron chi connectivity index (χ0n) is 18.8. The van der Waals surface area contributed by atoms with E-state index < -0.39 is 0 Å². The zero-order chi connectivity index (χ0) is 22.5. The topological polar surface area (TPSA) is 53.5 Å². The van der Waals surface area contributed by atoms with Crippen LogP contribution in [0.15, 0.2) is 42.6 Å². The quantitative estimate of drug-likeness (QED) is 0.726. The van der Waals surface area contributed by atoms with E-state index in [1.54, 1.807) is 25.3 Å². The Morgan fingerprint density at radius 2 is 1.94 bits per heavy atom. The fourth-order valence-corrected chi connectivity index (χ4v) is 6.60. The second-order valence-corrected chi connectivity index (χ2v) is 9.91. The van der Waals surface area contributed by atoms with Gasteiger partial charge in [-0.2, -0.15) is 0 Å². The molecule has 3 fully saturated rings. The number of hydrogen-bond donors (Lipinski definition) is 0. The van der Waals surface area contributed by atoms with Crippen LogP contribution in [0.4, 0.5) is 4.39 Å². The lowest BCUT2D eigenvalue weighted by atomic mass is 9.71. The van der Waals surface area contributed by atoms with Crippen LogP contribution in [0.25, 0.3) is 0 Å². The van der Waals surface area contributed by atoms with Crippen molar-refractivity contribution in [2.45, 2.75) is 70.5 Å². The second kappa shape index (κ2) is 7.98. The highest BCUT2D eigenvalue weighted by molar-refractivity contribution is 5.95. The molecule has 5 rings (SSSR count). The van der Waals surface area contributed by atoms with Crippen molar-refractivity contribution < 1.29 is 14.0 Å². The molecule has 1 aromatic heterocycles. The van der Waals surface area contributed by atoms with Gasteiger partial charge < -0.3 is 9.80 Å². The molecule has 3 heterocycles. The molecule has 6 heteroatoms. The van der Waals surface area contributed by atoms with Gasteiger partial charge in [-0.1, -0.05) is 31.9 Å². The van der Waals surface area contributed by atoms with E-state index >= 15 is 0 Å². The molecule has 3 aliphatic rings. The molecular formula is C26H30FN3O2. The van der Waals surface area contributed by atoms with Gasteiger partial charge in [0.05, 0.1) is 6.04 Å². The number of likely N-dealkylation sites (tertiary alicyclic amines) is 2. The van der Waals surface area contributed by atoms with Crippen molar-refractivity contribution in [3.8, 4) is 0 Å². The number of carbonyl (C=O) groups excluding carboxylic acids is 2. The van der Waals surface area contributed by atoms with Gasteiger partial charge in [0.25, 0.3) is 5.91 Å². The minimum atomic E-state index is -0.273. The Hall–Kier alpha value is -2.76. The number of amides is 2. The summed E-state index contributed by atoms with van der Waals surface area (Å²) >= 11 is 0. The van der Waals surface area contributed by atoms with E-state index in [1.807, 2.05) is 17.0 Å². The monoisotopic (exact) mass is 435 g/mol. The summed E-state index contributed by atoms with van der Waals surface area (Å²) in [6, 6.07) is 10.5. The highest BCUT2D eigenvalue weighted by Crippen LogP contribution is 2.53. The number of carbonyl (C=O) groups is 2. The smallest absolute Gasteiger partial charge is 0.254 e. The van der Waals surface area contributed by atoms with Crippen LogP contribution >= 0.6 is 0 Å². The number of halogens is 1. The number of aromatic nitrogens is 1. The van der Waals surface area contributed by atoms with E-state index in [9.17, 15) is 14.0 Å². The largest absolute Gasteiger partial charge is 0.335 e. The molecule has 2 amide bonds. The molecule has 1 aliphatic carbocycles. The standard InChI is InChI=1S/C26H30FN3O2/c1-17(31)30-22-15-26(2)23(8-3-4-9-24(26)30)29(16-22)25(32)19-10-11-28-21(14-19)13-18-6-5-7-20(27)12-18/h5-7,10-12,14,22-24H,3-4,8-9,13,15-16H2,1-2H3/t22-,23+,24-,26+/m0/s1. The summed E-state index contributed by atoms with van der Waals surface area (Å²) in [7, 11) is 0. The molecule has 1 saturated carbocycles. The molecule has 0 spiro atoms. The maximum absolute atomic E-state index is 13.7. The molecule has 2 bridgehead atoms. The molecule has 4 atom stereocenters. The van der Waals surface area contributed by atoms with Crippen molar-refractivity contribution in [1.82, 2.24) is 14.8 Å². The van der Waals surface area contributed by atoms with Gasteiger partial charge in [0, 0.05) is 54.8 Å². The highest BCUT2D eigenvalue weighted by Gasteiger charge is 2.60. The van der Waals surface area contributed by atoms with Crippen LogP contribution < -0.4 is 0 Å². The third-order valence-corrected chi connectivity index (χ3v) is 7.88. The molecule has 2 saturated heterocycles. The van der Waals surface area contributed by atoms with Gasteiger partial charge in [-0.25, -0.2) is 4.39 Å². The fraction of sp³-hybridized carbons (Fsp3) is 0.500. The Kier molecular flexibility index (Phi) is 5.26. The third-order valence-electron chi connectivity index (χ3n) is 7.88. The molecule has 0 N–H and O–H groups in total. The first-order valence-corrected chi connectivity index (χ1v) is 11.7. The van der Waals surface area contributed by atoms with Crippen molar-refractivity contribution >= 4 is 11.8 Å². The molecule has 0 radical (unpaired) electrons. The fourth-order valence-electron chi connectivity index (χ4n) is 6.60. The molecule has 2 aliphatic heterocycles. The molecule has 32 heavy (non-hydrogen) atoms. The first-order valence-electron chi connectivity index (χ1n) is 11.7. The summed E-state index contributed by atoms with van der Waals surface area (Å²) in [6.45, 7) is 4.54. The van der Waals surface area contributed by atoms with Crippen molar-refractivity contribution in [3.63, 3.8) is 0 Å². The van der Waals surface area contributed by atoms with E-state index in [0.29, 0.717) is 18.5 Å². The highest BCUT2D eigenvalue weighted by atomic mass is 19.1. The van der Waals surface area contributed by atoms with Gasteiger partial charge in [0.1, 0.15) is 5.82 Å². The van der Waals surface area contributed by atoms with Gasteiger partial charge in [-0.05, 0) is 49.1 Å². The molecule has 168 valence electrons. The number of piperidine rings is 1. The Bertz CT molecular complexity index is 1060. The lowest BCUT2D eigenvalue weighted by Gasteiger charge is -2.46. The van der Waals surface area contributed by atoms with Gasteiger partial charge in [-0.15, -0.1) is 0 Å². The number of pyridine rings is 1. The van der Waals surface area contributed by atoms with Crippen LogP contribution in [0, 0.1) is 11.2 Å². The molecule has 0 unspecified atom stereocenters. The van der Waals surface area contributed by atoms with Gasteiger partial charge >= 0.3 is 0 Å². The first kappa shape index (κ1) is 21.1. The lowest BCUT2D eigenvalue weighted by Crippen LogP contribution is -2.55. The van der Waals surface area contributed by atoms with Gasteiger partial charge in [-0.3, -0.25) is 14.6 Å². The van der Waals surface area contributed by atoms with Crippen molar-refractivity contribution in [1.29, 1.82) is 0 Å². The number of nitrogens with zero attached hydrogens (tertiary/aromatic N) is 3. The van der Waals surface area contributed by atoms with Crippen LogP contribution in [0.5, 0.6) is 0 Å². The summed E-state index contributed by atoms with van der Waals surface area (Å²) in [6.07, 6.45) is 7.31. The third kappa shape index (κ3) is 3.50. The molecular weight excluding hydrogens is 405 g/mol. The number of rotatable bonds is 3. The van der Waals surface area contributed by atoms with E-state index in [-0.39, 0.29) is 41.2 Å². The minimum absolute atomic E-state index is 0.0138. The summed E-state index contributed by atoms with van der Waals surface area (Å²) in [4.78, 5) is 34.8. The van der Waals surface area contributed by atoms with Crippen LogP contribution in [-0.4, -0.2) is 51.3 Å². The normalized spacial score (nSPS) is 29.0. The molecule has 2 aromatic rings. The first-order chi connectivity index (χ1) is 15.4. The average Bonchev–Trinajstić information content (AvgIpc) is 2.87. The number of fused-ring (bicyclic) bond motifs is 1. The Labute approximate surface area is 188 Å². The van der Waals surface area contributed by atoms with Gasteiger partial charge in [0.2, 0.25) is 5.91 Å². The van der Waals surface area contributed by atoms with E-state index in [2.05, 4.69) is 16.8 Å². The summed E-state index contributed by atoms with van der Waals surface area (Å²) in [5, 5.41) is 0. The summed E-state index contributed by atoms with van der Waals surface area (Å²) in [5.41, 5.74) is 2.13. The van der Waals surface area contributed by atoms with Crippen LogP contribution in [-0.2, 0) is 11.2 Å². The lowest BCUT2D eigenvalue weighted by molar-refractivity contribution is -0.132. The minimum Gasteiger partial charge on any atom is -0.335 e. The Morgan fingerprint density at radius 1 is 1.16 bits per heavy atom. The van der Waals surface area contributed by atoms with Crippen molar-refractivity contribution in [2.24, 2.45) is 5.41 Å². The molecule has 1 aromatic carbocycles. The average molecular weight is 436 g/mol. The van der Waals surface area contributed by atoms with Crippen LogP contribution in [0.3, 0.4) is 0 Å². The maximum Gasteiger partial charge on any atom is 0.254 e. The predicted molar refractivity (Wildman–Crippen MR) is 120 cm³/mol. The summed E-state index contributed by atoms with van der Waals surface area (Å²) < 4.78 is 13.6. The SMILES string of the molecule is CC(=O)N1[C@@H]2CN(C(=O)c3ccnc(Cc4cccc(F)c4)c3)[C@@H]3CCCC[C@H]1[C@]3(C)C2. The Morgan fingerprint density at radius 3 is 2.69 bits per heavy atom. The summed E-state index contributed by atoms with van der Waals surface area (Å²) in [5.74, 6) is -0.135. The van der Waals surface area contributed by atoms with Crippen LogP contribution in [0.2, 0.25) is 0 Å². The molecule has 5 nitrogen and oxygen atoms in total. The Balaban J connectivity index is 1.44. The van der Waals surface area contributed by atoms with Crippen molar-refractivity contribution in [2.75, 3.05) is 6.54 Å². The zero-order valence-corrected chi connectivity index (χ0v) is 18.8. The second-order valence-electron chi connectivity index (χ2n) is 9.91. The number of hydrogen-bond acceptors (Lipinski definition) is 3. The predicted octanol–water partition coefficient (Wildman–Crippen LogP) is 4.21. The van der Waals surface area contributed by atoms with E-state index in [0.717, 1.165) is 43.4 Å². The number of benzene rings is 1. The van der Waals surface area contributed by atoms with Crippen molar-refractivity contribution in [3.05, 3.63) is 65.2 Å².